The number of nitrogens with two attached hydrogens (primary N) is 2. The summed E-state index contributed by atoms with van der Waals surface area (Å²) < 4.78 is 0. The lowest BCUT2D eigenvalue weighted by Gasteiger charge is -2.01. The zero-order chi connectivity index (χ0) is 6.57. The van der Waals surface area contributed by atoms with E-state index in [1.54, 1.807) is 0 Å². The average Bonchev–Trinajstić information content (AvgIpc) is 1.67. The fourth-order valence-electron chi connectivity index (χ4n) is 0.453. The van der Waals surface area contributed by atoms with Crippen molar-refractivity contribution in [3.05, 3.63) is 0 Å². The van der Waals surface area contributed by atoms with Crippen LogP contribution in [0.5, 0.6) is 0 Å². The Bertz CT molecular complexity index is 87.0. The van der Waals surface area contributed by atoms with Crippen molar-refractivity contribution in [3.63, 3.8) is 0 Å². The normalized spacial score (nSPS) is 11.8. The first-order valence-electron chi connectivity index (χ1n) is 2.73. The molecule has 0 heterocycles. The summed E-state index contributed by atoms with van der Waals surface area (Å²) in [4.78, 5) is 10.2. The summed E-state index contributed by atoms with van der Waals surface area (Å²) in [5.74, 6) is -0.410. The highest BCUT2D eigenvalue weighted by Crippen LogP contribution is 1.89. The van der Waals surface area contributed by atoms with Crippen molar-refractivity contribution in [3.8, 4) is 0 Å². The molecule has 0 radical (unpaired) electrons. The predicted octanol–water partition coefficient (Wildman–Crippen LogP) is 0.0209. The number of carbonyl (C=O) groups is 1. The number of hydrogen-bond donors (Lipinski definition) is 2. The maximum absolute atomic E-state index is 10.2. The molecule has 0 spiro atoms. The molecule has 1 unspecified atom stereocenters. The molecule has 0 aliphatic carbocycles. The van der Waals surface area contributed by atoms with Crippen LogP contribution in [0.1, 0.15) is 19.8 Å². The first-order chi connectivity index (χ1) is 3.68. The molecule has 0 saturated carbocycles. The van der Waals surface area contributed by atoms with E-state index in [0.717, 1.165) is 6.42 Å². The molecule has 56 valence electrons. The van der Waals surface area contributed by atoms with Gasteiger partial charge in [0.1, 0.15) is 0 Å². The van der Waals surface area contributed by atoms with Gasteiger partial charge in [0.2, 0.25) is 5.91 Å². The maximum Gasteiger partial charge on any atom is 0.234 e. The van der Waals surface area contributed by atoms with E-state index in [0.29, 0.717) is 6.42 Å². The first-order valence-corrected chi connectivity index (χ1v) is 2.73. The summed E-state index contributed by atoms with van der Waals surface area (Å²) in [6, 6.07) is -0.444. The van der Waals surface area contributed by atoms with Gasteiger partial charge in [-0.05, 0) is 6.42 Å². The Kier molecular flexibility index (Phi) is 7.48. The topological polar surface area (TPSA) is 69.1 Å². The molecular weight excluding hydrogens is 140 g/mol. The lowest BCUT2D eigenvalue weighted by molar-refractivity contribution is -0.119. The van der Waals surface area contributed by atoms with Gasteiger partial charge in [-0.2, -0.15) is 0 Å². The smallest absolute Gasteiger partial charge is 0.234 e. The van der Waals surface area contributed by atoms with Gasteiger partial charge in [-0.15, -0.1) is 12.4 Å². The van der Waals surface area contributed by atoms with Crippen LogP contribution in [0.3, 0.4) is 0 Å². The molecule has 0 fully saturated rings. The molecular formula is C5H13ClN2O. The summed E-state index contributed by atoms with van der Waals surface area (Å²) in [5.41, 5.74) is 10.1. The number of primary amides is 1. The van der Waals surface area contributed by atoms with E-state index in [1.165, 1.54) is 0 Å². The van der Waals surface area contributed by atoms with Crippen molar-refractivity contribution in [2.75, 3.05) is 0 Å². The minimum Gasteiger partial charge on any atom is -0.368 e. The minimum atomic E-state index is -0.444. The number of rotatable bonds is 3. The van der Waals surface area contributed by atoms with Crippen molar-refractivity contribution in [2.24, 2.45) is 11.5 Å². The van der Waals surface area contributed by atoms with Gasteiger partial charge in [-0.3, -0.25) is 4.79 Å². The summed E-state index contributed by atoms with van der Waals surface area (Å²) in [7, 11) is 0. The quantitative estimate of drug-likeness (QED) is 0.599. The summed E-state index contributed by atoms with van der Waals surface area (Å²) in [5, 5.41) is 0. The second-order valence-corrected chi connectivity index (χ2v) is 1.80. The Morgan fingerprint density at radius 3 is 2.22 bits per heavy atom. The van der Waals surface area contributed by atoms with Crippen LogP contribution in [0.4, 0.5) is 0 Å². The molecule has 0 aliphatic heterocycles. The number of carbonyl (C=O) groups excluding carboxylic acids is 1. The van der Waals surface area contributed by atoms with Gasteiger partial charge in [-0.1, -0.05) is 13.3 Å². The van der Waals surface area contributed by atoms with E-state index < -0.39 is 11.9 Å². The molecule has 0 aromatic carbocycles. The predicted molar refractivity (Wildman–Crippen MR) is 39.3 cm³/mol. The van der Waals surface area contributed by atoms with Crippen LogP contribution in [-0.2, 0) is 4.79 Å². The van der Waals surface area contributed by atoms with E-state index in [4.69, 9.17) is 11.5 Å². The molecule has 0 rings (SSSR count). The highest BCUT2D eigenvalue weighted by molar-refractivity contribution is 5.85. The largest absolute Gasteiger partial charge is 0.368 e. The van der Waals surface area contributed by atoms with Crippen LogP contribution in [0, 0.1) is 0 Å². The molecule has 0 aliphatic rings. The summed E-state index contributed by atoms with van der Waals surface area (Å²) >= 11 is 0. The molecule has 3 nitrogen and oxygen atoms in total. The summed E-state index contributed by atoms with van der Waals surface area (Å²) in [6.07, 6.45) is 1.60. The SMILES string of the molecule is CCCC(N)C(N)=O.Cl. The van der Waals surface area contributed by atoms with Crippen LogP contribution < -0.4 is 11.5 Å². The van der Waals surface area contributed by atoms with Gasteiger partial charge < -0.3 is 11.5 Å². The molecule has 0 saturated heterocycles. The third kappa shape index (κ3) is 5.59. The Labute approximate surface area is 61.2 Å². The minimum absolute atomic E-state index is 0. The zero-order valence-corrected chi connectivity index (χ0v) is 6.28. The molecule has 4 N–H and O–H groups in total. The molecule has 9 heavy (non-hydrogen) atoms. The zero-order valence-electron chi connectivity index (χ0n) is 5.46. The second kappa shape index (κ2) is 5.85. The van der Waals surface area contributed by atoms with Gasteiger partial charge in [0, 0.05) is 0 Å². The van der Waals surface area contributed by atoms with Gasteiger partial charge in [0.15, 0.2) is 0 Å². The fraction of sp³-hybridized carbons (Fsp3) is 0.800. The Morgan fingerprint density at radius 1 is 1.67 bits per heavy atom. The van der Waals surface area contributed by atoms with E-state index in [1.807, 2.05) is 6.92 Å². The van der Waals surface area contributed by atoms with E-state index >= 15 is 0 Å². The van der Waals surface area contributed by atoms with Crippen LogP contribution in [0.2, 0.25) is 0 Å². The van der Waals surface area contributed by atoms with Gasteiger partial charge in [-0.25, -0.2) is 0 Å². The summed E-state index contributed by atoms with van der Waals surface area (Å²) in [6.45, 7) is 1.96. The van der Waals surface area contributed by atoms with Crippen LogP contribution in [0.15, 0.2) is 0 Å². The van der Waals surface area contributed by atoms with Gasteiger partial charge in [0.25, 0.3) is 0 Å². The third-order valence-corrected chi connectivity index (χ3v) is 0.965. The van der Waals surface area contributed by atoms with Crippen LogP contribution >= 0.6 is 12.4 Å². The van der Waals surface area contributed by atoms with E-state index in [9.17, 15) is 4.79 Å². The highest BCUT2D eigenvalue weighted by Gasteiger charge is 2.05. The fourth-order valence-corrected chi connectivity index (χ4v) is 0.453. The van der Waals surface area contributed by atoms with Crippen LogP contribution in [-0.4, -0.2) is 11.9 Å². The molecule has 0 aromatic heterocycles. The molecule has 0 aromatic rings. The van der Waals surface area contributed by atoms with E-state index in [-0.39, 0.29) is 12.4 Å². The lowest BCUT2D eigenvalue weighted by atomic mass is 10.2. The van der Waals surface area contributed by atoms with Crippen molar-refractivity contribution >= 4 is 18.3 Å². The van der Waals surface area contributed by atoms with E-state index in [2.05, 4.69) is 0 Å². The number of hydrogen-bond acceptors (Lipinski definition) is 2. The van der Waals surface area contributed by atoms with Crippen molar-refractivity contribution in [1.29, 1.82) is 0 Å². The lowest BCUT2D eigenvalue weighted by Crippen LogP contribution is -2.35. The van der Waals surface area contributed by atoms with Crippen molar-refractivity contribution in [1.82, 2.24) is 0 Å². The Balaban J connectivity index is 0. The van der Waals surface area contributed by atoms with Gasteiger partial charge in [0.05, 0.1) is 6.04 Å². The van der Waals surface area contributed by atoms with Crippen molar-refractivity contribution in [2.45, 2.75) is 25.8 Å². The molecule has 4 heteroatoms. The Morgan fingerprint density at radius 2 is 2.11 bits per heavy atom. The van der Waals surface area contributed by atoms with Crippen molar-refractivity contribution < 1.29 is 4.79 Å². The third-order valence-electron chi connectivity index (χ3n) is 0.965. The first kappa shape index (κ1) is 11.5. The highest BCUT2D eigenvalue weighted by atomic mass is 35.5. The molecule has 1 atom stereocenters. The molecule has 1 amide bonds. The number of amides is 1. The monoisotopic (exact) mass is 152 g/mol. The standard InChI is InChI=1S/C5H12N2O.ClH/c1-2-3-4(6)5(7)8;/h4H,2-3,6H2,1H3,(H2,7,8);1H. The molecule has 0 bridgehead atoms. The maximum atomic E-state index is 10.2. The Hall–Kier alpha value is -0.280. The van der Waals surface area contributed by atoms with Crippen LogP contribution in [0.25, 0.3) is 0 Å². The number of halogens is 1. The average molecular weight is 153 g/mol. The van der Waals surface area contributed by atoms with Gasteiger partial charge >= 0.3 is 0 Å². The second-order valence-electron chi connectivity index (χ2n) is 1.80.